The summed E-state index contributed by atoms with van der Waals surface area (Å²) in [4.78, 5) is 0. The number of benzene rings is 9. The first kappa shape index (κ1) is 26.1. The van der Waals surface area contributed by atoms with Crippen molar-refractivity contribution in [3.63, 3.8) is 0 Å². The monoisotopic (exact) mass is 596 g/mol. The molecule has 0 saturated heterocycles. The first-order valence-electron chi connectivity index (χ1n) is 16.2. The molecule has 1 heterocycles. The summed E-state index contributed by atoms with van der Waals surface area (Å²) < 4.78 is 6.34. The average Bonchev–Trinajstić information content (AvgIpc) is 3.52. The molecule has 10 aromatic rings. The Hall–Kier alpha value is -6.18. The Balaban J connectivity index is 1.25. The molecule has 1 nitrogen and oxygen atoms in total. The number of hydrogen-bond acceptors (Lipinski definition) is 1. The van der Waals surface area contributed by atoms with E-state index in [9.17, 15) is 0 Å². The lowest BCUT2D eigenvalue weighted by atomic mass is 9.83. The van der Waals surface area contributed by atoms with Crippen molar-refractivity contribution >= 4 is 65.0 Å². The Morgan fingerprint density at radius 1 is 0.298 bits per heavy atom. The standard InChI is InChI=1S/C46H28O/c1-2-12-30-27-31(24-23-29(30)11-1)32-25-26-34-33(28-32)13-9-19-35(34)44-36-14-3-5-16-38(36)45(39-17-6-4-15-37(39)44)41-20-10-22-43-46(41)40-18-7-8-21-42(40)47-43/h1-28H. The van der Waals surface area contributed by atoms with Crippen LogP contribution in [0.25, 0.3) is 98.4 Å². The fourth-order valence-electron chi connectivity index (χ4n) is 7.74. The molecule has 0 bridgehead atoms. The highest BCUT2D eigenvalue weighted by Crippen LogP contribution is 2.48. The normalized spacial score (nSPS) is 11.8. The van der Waals surface area contributed by atoms with Crippen LogP contribution in [0.5, 0.6) is 0 Å². The highest BCUT2D eigenvalue weighted by molar-refractivity contribution is 6.27. The lowest BCUT2D eigenvalue weighted by Gasteiger charge is -2.19. The largest absolute Gasteiger partial charge is 0.456 e. The molecule has 0 radical (unpaired) electrons. The van der Waals surface area contributed by atoms with Crippen molar-refractivity contribution in [2.24, 2.45) is 0 Å². The molecule has 0 saturated carbocycles. The van der Waals surface area contributed by atoms with Crippen molar-refractivity contribution in [1.29, 1.82) is 0 Å². The van der Waals surface area contributed by atoms with E-state index in [0.29, 0.717) is 0 Å². The molecular weight excluding hydrogens is 569 g/mol. The van der Waals surface area contributed by atoms with Crippen molar-refractivity contribution in [3.05, 3.63) is 170 Å². The van der Waals surface area contributed by atoms with Crippen LogP contribution in [0.2, 0.25) is 0 Å². The third kappa shape index (κ3) is 3.97. The molecule has 0 aliphatic rings. The molecule has 0 N–H and O–H groups in total. The van der Waals surface area contributed by atoms with Crippen molar-refractivity contribution in [1.82, 2.24) is 0 Å². The van der Waals surface area contributed by atoms with Crippen LogP contribution in [0.3, 0.4) is 0 Å². The molecule has 0 atom stereocenters. The third-order valence-corrected chi connectivity index (χ3v) is 9.84. The van der Waals surface area contributed by atoms with E-state index >= 15 is 0 Å². The minimum atomic E-state index is 0.914. The number of rotatable bonds is 3. The highest BCUT2D eigenvalue weighted by atomic mass is 16.3. The molecule has 0 fully saturated rings. The zero-order valence-corrected chi connectivity index (χ0v) is 25.6. The summed E-state index contributed by atoms with van der Waals surface area (Å²) in [6, 6.07) is 61.6. The van der Waals surface area contributed by atoms with Gasteiger partial charge in [0.1, 0.15) is 11.2 Å². The van der Waals surface area contributed by atoms with Crippen molar-refractivity contribution in [2.75, 3.05) is 0 Å². The van der Waals surface area contributed by atoms with Gasteiger partial charge >= 0.3 is 0 Å². The smallest absolute Gasteiger partial charge is 0.136 e. The molecule has 1 aromatic heterocycles. The van der Waals surface area contributed by atoms with E-state index in [1.54, 1.807) is 0 Å². The van der Waals surface area contributed by atoms with Gasteiger partial charge in [0.2, 0.25) is 0 Å². The highest BCUT2D eigenvalue weighted by Gasteiger charge is 2.21. The minimum absolute atomic E-state index is 0.914. The van der Waals surface area contributed by atoms with Gasteiger partial charge in [-0.15, -0.1) is 0 Å². The van der Waals surface area contributed by atoms with E-state index < -0.39 is 0 Å². The van der Waals surface area contributed by atoms with Crippen LogP contribution in [0, 0.1) is 0 Å². The minimum Gasteiger partial charge on any atom is -0.456 e. The molecule has 0 spiro atoms. The maximum Gasteiger partial charge on any atom is 0.136 e. The van der Waals surface area contributed by atoms with Crippen molar-refractivity contribution in [3.8, 4) is 33.4 Å². The zero-order valence-electron chi connectivity index (χ0n) is 25.6. The fourth-order valence-corrected chi connectivity index (χ4v) is 7.74. The molecular formula is C46H28O. The second-order valence-corrected chi connectivity index (χ2v) is 12.4. The molecule has 0 aliphatic heterocycles. The lowest BCUT2D eigenvalue weighted by molar-refractivity contribution is 0.669. The van der Waals surface area contributed by atoms with Crippen LogP contribution in [0.4, 0.5) is 0 Å². The summed E-state index contributed by atoms with van der Waals surface area (Å²) >= 11 is 0. The van der Waals surface area contributed by atoms with Crippen LogP contribution in [-0.4, -0.2) is 0 Å². The van der Waals surface area contributed by atoms with Gasteiger partial charge in [-0.3, -0.25) is 0 Å². The molecule has 47 heavy (non-hydrogen) atoms. The molecule has 10 rings (SSSR count). The van der Waals surface area contributed by atoms with E-state index in [1.165, 1.54) is 76.5 Å². The van der Waals surface area contributed by atoms with E-state index in [0.717, 1.165) is 21.9 Å². The van der Waals surface area contributed by atoms with Gasteiger partial charge in [-0.1, -0.05) is 146 Å². The second-order valence-electron chi connectivity index (χ2n) is 12.4. The molecule has 9 aromatic carbocycles. The summed E-state index contributed by atoms with van der Waals surface area (Å²) in [5.74, 6) is 0. The Kier molecular flexibility index (Phi) is 5.64. The number of hydrogen-bond donors (Lipinski definition) is 0. The molecule has 218 valence electrons. The fraction of sp³-hybridized carbons (Fsp3) is 0. The first-order chi connectivity index (χ1) is 23.3. The first-order valence-corrected chi connectivity index (χ1v) is 16.2. The maximum atomic E-state index is 6.34. The SMILES string of the molecule is c1ccc2cc(-c3ccc4c(-c5c6ccccc6c(-c6cccc7oc8ccccc8c67)c6ccccc56)cccc4c3)ccc2c1. The number of furan rings is 1. The van der Waals surface area contributed by atoms with Crippen molar-refractivity contribution < 1.29 is 4.42 Å². The van der Waals surface area contributed by atoms with Gasteiger partial charge in [0.25, 0.3) is 0 Å². The summed E-state index contributed by atoms with van der Waals surface area (Å²) in [5.41, 5.74) is 9.26. The summed E-state index contributed by atoms with van der Waals surface area (Å²) in [5, 5.41) is 12.3. The molecule has 0 amide bonds. The second kappa shape index (κ2) is 10.2. The summed E-state index contributed by atoms with van der Waals surface area (Å²) in [6.45, 7) is 0. The Labute approximate surface area is 271 Å². The topological polar surface area (TPSA) is 13.1 Å². The average molecular weight is 597 g/mol. The van der Waals surface area contributed by atoms with Crippen molar-refractivity contribution in [2.45, 2.75) is 0 Å². The van der Waals surface area contributed by atoms with Crippen LogP contribution < -0.4 is 0 Å². The van der Waals surface area contributed by atoms with Gasteiger partial charge in [0, 0.05) is 10.8 Å². The van der Waals surface area contributed by atoms with Gasteiger partial charge in [0.05, 0.1) is 0 Å². The molecule has 0 aliphatic carbocycles. The lowest BCUT2D eigenvalue weighted by Crippen LogP contribution is -1.92. The van der Waals surface area contributed by atoms with E-state index in [2.05, 4.69) is 164 Å². The Morgan fingerprint density at radius 2 is 0.809 bits per heavy atom. The molecule has 0 unspecified atom stereocenters. The van der Waals surface area contributed by atoms with Gasteiger partial charge in [-0.05, 0) is 101 Å². The van der Waals surface area contributed by atoms with Crippen LogP contribution >= 0.6 is 0 Å². The summed E-state index contributed by atoms with van der Waals surface area (Å²) in [7, 11) is 0. The number of fused-ring (bicyclic) bond motifs is 7. The van der Waals surface area contributed by atoms with Gasteiger partial charge in [0.15, 0.2) is 0 Å². The Morgan fingerprint density at radius 3 is 1.55 bits per heavy atom. The zero-order chi connectivity index (χ0) is 30.9. The predicted octanol–water partition coefficient (Wildman–Crippen LogP) is 13.2. The van der Waals surface area contributed by atoms with Gasteiger partial charge < -0.3 is 4.42 Å². The van der Waals surface area contributed by atoms with Crippen LogP contribution in [0.1, 0.15) is 0 Å². The Bertz CT molecular complexity index is 2800. The molecule has 1 heteroatoms. The van der Waals surface area contributed by atoms with E-state index in [1.807, 2.05) is 6.07 Å². The third-order valence-electron chi connectivity index (χ3n) is 9.84. The van der Waals surface area contributed by atoms with Gasteiger partial charge in [-0.2, -0.15) is 0 Å². The quantitative estimate of drug-likeness (QED) is 0.185. The van der Waals surface area contributed by atoms with E-state index in [4.69, 9.17) is 4.42 Å². The number of para-hydroxylation sites is 1. The maximum absolute atomic E-state index is 6.34. The predicted molar refractivity (Wildman–Crippen MR) is 200 cm³/mol. The van der Waals surface area contributed by atoms with Crippen LogP contribution in [0.15, 0.2) is 174 Å². The van der Waals surface area contributed by atoms with Crippen LogP contribution in [-0.2, 0) is 0 Å². The van der Waals surface area contributed by atoms with Gasteiger partial charge in [-0.25, -0.2) is 0 Å². The van der Waals surface area contributed by atoms with E-state index in [-0.39, 0.29) is 0 Å². The summed E-state index contributed by atoms with van der Waals surface area (Å²) in [6.07, 6.45) is 0.